The number of rotatable bonds is 6. The highest BCUT2D eigenvalue weighted by molar-refractivity contribution is 7.89. The molecule has 1 N–H and O–H groups in total. The second-order valence-electron chi connectivity index (χ2n) is 5.00. The van der Waals surface area contributed by atoms with Gasteiger partial charge in [0, 0.05) is 7.05 Å². The number of aryl methyl sites for hydroxylation is 2. The van der Waals surface area contributed by atoms with E-state index in [-0.39, 0.29) is 4.90 Å². The molecule has 1 unspecified atom stereocenters. The van der Waals surface area contributed by atoms with E-state index in [1.807, 2.05) is 13.8 Å². The van der Waals surface area contributed by atoms with Crippen LogP contribution in [0.1, 0.15) is 31.3 Å². The minimum absolute atomic E-state index is 0.197. The molecule has 1 atom stereocenters. The van der Waals surface area contributed by atoms with Gasteiger partial charge in [0.05, 0.1) is 17.5 Å². The Morgan fingerprint density at radius 3 is 2.68 bits per heavy atom. The van der Waals surface area contributed by atoms with Crippen molar-refractivity contribution in [3.8, 4) is 5.75 Å². The summed E-state index contributed by atoms with van der Waals surface area (Å²) in [5.74, 6) is 1.23. The fourth-order valence-electron chi connectivity index (χ4n) is 2.14. The lowest BCUT2D eigenvalue weighted by Crippen LogP contribution is -2.28. The first-order valence-corrected chi connectivity index (χ1v) is 8.43. The van der Waals surface area contributed by atoms with Gasteiger partial charge in [-0.2, -0.15) is 0 Å². The van der Waals surface area contributed by atoms with Crippen LogP contribution >= 0.6 is 0 Å². The largest absolute Gasteiger partial charge is 0.494 e. The number of nitrogens with one attached hydrogen (secondary N) is 1. The van der Waals surface area contributed by atoms with Crippen LogP contribution in [0, 0.1) is 6.92 Å². The molecular formula is C14H20N4O3S. The van der Waals surface area contributed by atoms with Gasteiger partial charge in [0.15, 0.2) is 0 Å². The number of ether oxygens (including phenoxy) is 1. The third-order valence-corrected chi connectivity index (χ3v) is 4.76. The molecule has 1 heterocycles. The summed E-state index contributed by atoms with van der Waals surface area (Å²) in [7, 11) is -1.88. The van der Waals surface area contributed by atoms with Crippen LogP contribution in [-0.4, -0.2) is 29.8 Å². The van der Waals surface area contributed by atoms with Crippen molar-refractivity contribution in [1.29, 1.82) is 0 Å². The van der Waals surface area contributed by atoms with Gasteiger partial charge in [-0.1, -0.05) is 0 Å². The van der Waals surface area contributed by atoms with E-state index in [2.05, 4.69) is 14.9 Å². The highest BCUT2D eigenvalue weighted by Crippen LogP contribution is 2.23. The van der Waals surface area contributed by atoms with Crippen LogP contribution in [0.25, 0.3) is 0 Å². The number of aromatic nitrogens is 3. The van der Waals surface area contributed by atoms with Gasteiger partial charge >= 0.3 is 0 Å². The molecule has 0 amide bonds. The zero-order chi connectivity index (χ0) is 16.3. The Bertz CT molecular complexity index is 755. The highest BCUT2D eigenvalue weighted by Gasteiger charge is 2.21. The van der Waals surface area contributed by atoms with E-state index < -0.39 is 16.1 Å². The third-order valence-electron chi connectivity index (χ3n) is 3.22. The van der Waals surface area contributed by atoms with Crippen LogP contribution in [0.2, 0.25) is 0 Å². The molecule has 2 rings (SSSR count). The molecule has 0 aliphatic heterocycles. The highest BCUT2D eigenvalue weighted by atomic mass is 32.2. The fourth-order valence-corrected chi connectivity index (χ4v) is 3.43. The topological polar surface area (TPSA) is 86.1 Å². The van der Waals surface area contributed by atoms with E-state index in [0.717, 1.165) is 5.56 Å². The smallest absolute Gasteiger partial charge is 0.241 e. The summed E-state index contributed by atoms with van der Waals surface area (Å²) < 4.78 is 34.6. The monoisotopic (exact) mass is 324 g/mol. The summed E-state index contributed by atoms with van der Waals surface area (Å²) in [6.07, 6.45) is 1.53. The lowest BCUT2D eigenvalue weighted by Gasteiger charge is -2.14. The molecule has 2 aromatic rings. The van der Waals surface area contributed by atoms with Crippen LogP contribution < -0.4 is 9.46 Å². The maximum Gasteiger partial charge on any atom is 0.241 e. The van der Waals surface area contributed by atoms with Crippen molar-refractivity contribution >= 4 is 10.0 Å². The summed E-state index contributed by atoms with van der Waals surface area (Å²) in [4.78, 5) is 0.197. The predicted octanol–water partition coefficient (Wildman–Crippen LogP) is 1.56. The van der Waals surface area contributed by atoms with Gasteiger partial charge in [-0.25, -0.2) is 13.1 Å². The Labute approximate surface area is 130 Å². The Morgan fingerprint density at radius 1 is 1.41 bits per heavy atom. The molecule has 8 heteroatoms. The van der Waals surface area contributed by atoms with Crippen LogP contribution in [0.15, 0.2) is 29.4 Å². The molecule has 0 aliphatic carbocycles. The normalized spacial score (nSPS) is 13.1. The molecule has 120 valence electrons. The molecule has 7 nitrogen and oxygen atoms in total. The molecule has 1 aromatic carbocycles. The molecule has 1 aromatic heterocycles. The van der Waals surface area contributed by atoms with Gasteiger partial charge in [0.25, 0.3) is 0 Å². The van der Waals surface area contributed by atoms with E-state index in [1.54, 1.807) is 30.7 Å². The van der Waals surface area contributed by atoms with Gasteiger partial charge in [0.2, 0.25) is 10.0 Å². The van der Waals surface area contributed by atoms with Crippen molar-refractivity contribution in [2.24, 2.45) is 7.05 Å². The first kappa shape index (κ1) is 16.4. The Morgan fingerprint density at radius 2 is 2.14 bits per heavy atom. The number of hydrogen-bond acceptors (Lipinski definition) is 5. The minimum Gasteiger partial charge on any atom is -0.494 e. The predicted molar refractivity (Wildman–Crippen MR) is 82.1 cm³/mol. The summed E-state index contributed by atoms with van der Waals surface area (Å²) in [5.41, 5.74) is 0.774. The summed E-state index contributed by atoms with van der Waals surface area (Å²) in [5, 5.41) is 7.67. The van der Waals surface area contributed by atoms with Gasteiger partial charge in [-0.15, -0.1) is 10.2 Å². The maximum absolute atomic E-state index is 12.5. The standard InChI is InChI=1S/C14H20N4O3S/c1-5-21-13-7-6-12(8-10(13)2)22(19,20)17-11(3)14-16-15-9-18(14)4/h6-9,11,17H,5H2,1-4H3. The maximum atomic E-state index is 12.5. The van der Waals surface area contributed by atoms with Gasteiger partial charge in [-0.05, 0) is 44.5 Å². The van der Waals surface area contributed by atoms with Crippen molar-refractivity contribution in [1.82, 2.24) is 19.5 Å². The lowest BCUT2D eigenvalue weighted by molar-refractivity contribution is 0.337. The fraction of sp³-hybridized carbons (Fsp3) is 0.429. The number of sulfonamides is 1. The Hall–Kier alpha value is -1.93. The van der Waals surface area contributed by atoms with E-state index in [9.17, 15) is 8.42 Å². The molecule has 0 spiro atoms. The van der Waals surface area contributed by atoms with Crippen molar-refractivity contribution in [3.05, 3.63) is 35.9 Å². The van der Waals surface area contributed by atoms with Crippen LogP contribution in [0.3, 0.4) is 0 Å². The molecular weight excluding hydrogens is 304 g/mol. The first-order chi connectivity index (χ1) is 10.3. The molecule has 0 aliphatic rings. The number of nitrogens with zero attached hydrogens (tertiary/aromatic N) is 3. The first-order valence-electron chi connectivity index (χ1n) is 6.95. The lowest BCUT2D eigenvalue weighted by atomic mass is 10.2. The molecule has 0 saturated heterocycles. The van der Waals surface area contributed by atoms with Crippen molar-refractivity contribution in [2.45, 2.75) is 31.7 Å². The molecule has 22 heavy (non-hydrogen) atoms. The van der Waals surface area contributed by atoms with Gasteiger partial charge in [-0.3, -0.25) is 0 Å². The van der Waals surface area contributed by atoms with Crippen LogP contribution in [0.4, 0.5) is 0 Å². The summed E-state index contributed by atoms with van der Waals surface area (Å²) >= 11 is 0. The molecule has 0 fully saturated rings. The van der Waals surface area contributed by atoms with Crippen molar-refractivity contribution < 1.29 is 13.2 Å². The second-order valence-corrected chi connectivity index (χ2v) is 6.72. The summed E-state index contributed by atoms with van der Waals surface area (Å²) in [6.45, 7) is 5.96. The van der Waals surface area contributed by atoms with Crippen LogP contribution in [-0.2, 0) is 17.1 Å². The SMILES string of the molecule is CCOc1ccc(S(=O)(=O)NC(C)c2nncn2C)cc1C. The van der Waals surface area contributed by atoms with E-state index in [0.29, 0.717) is 18.2 Å². The Balaban J connectivity index is 2.23. The molecule has 0 saturated carbocycles. The summed E-state index contributed by atoms with van der Waals surface area (Å²) in [6, 6.07) is 4.31. The van der Waals surface area contributed by atoms with Gasteiger partial charge in [0.1, 0.15) is 17.9 Å². The van der Waals surface area contributed by atoms with Crippen molar-refractivity contribution in [2.75, 3.05) is 6.61 Å². The van der Waals surface area contributed by atoms with Crippen LogP contribution in [0.5, 0.6) is 5.75 Å². The zero-order valence-electron chi connectivity index (χ0n) is 13.1. The minimum atomic E-state index is -3.64. The molecule has 0 bridgehead atoms. The average molecular weight is 324 g/mol. The quantitative estimate of drug-likeness (QED) is 0.871. The van der Waals surface area contributed by atoms with Crippen molar-refractivity contribution in [3.63, 3.8) is 0 Å². The number of hydrogen-bond donors (Lipinski definition) is 1. The van der Waals surface area contributed by atoms with Gasteiger partial charge < -0.3 is 9.30 Å². The van der Waals surface area contributed by atoms with E-state index in [4.69, 9.17) is 4.74 Å². The number of benzene rings is 1. The average Bonchev–Trinajstić information content (AvgIpc) is 2.87. The van der Waals surface area contributed by atoms with E-state index >= 15 is 0 Å². The Kier molecular flexibility index (Phi) is 4.82. The molecule has 0 radical (unpaired) electrons. The van der Waals surface area contributed by atoms with E-state index in [1.165, 1.54) is 12.4 Å². The zero-order valence-corrected chi connectivity index (χ0v) is 13.9. The second kappa shape index (κ2) is 6.45. The third kappa shape index (κ3) is 3.45.